The molecule has 6 atom stereocenters. The summed E-state index contributed by atoms with van der Waals surface area (Å²) in [4.78, 5) is 68.0. The van der Waals surface area contributed by atoms with Crippen molar-refractivity contribution >= 4 is 36.1 Å². The lowest BCUT2D eigenvalue weighted by Gasteiger charge is -2.33. The fourth-order valence-electron chi connectivity index (χ4n) is 4.84. The largest absolute Gasteiger partial charge is 0.480 e. The number of benzene rings is 2. The van der Waals surface area contributed by atoms with Crippen LogP contribution < -0.4 is 32.3 Å². The highest BCUT2D eigenvalue weighted by Crippen LogP contribution is 2.12. The van der Waals surface area contributed by atoms with Crippen LogP contribution in [0.5, 0.6) is 0 Å². The van der Waals surface area contributed by atoms with Crippen molar-refractivity contribution in [1.82, 2.24) is 26.6 Å². The molecule has 2 aromatic rings. The number of carbonyl (C=O) groups excluding carboxylic acids is 4. The second-order valence-corrected chi connectivity index (χ2v) is 10.8. The summed E-state index contributed by atoms with van der Waals surface area (Å²) in [5, 5.41) is 23.1. The Hall–Kier alpha value is -4.94. The van der Waals surface area contributed by atoms with Crippen molar-refractivity contribution < 1.29 is 29.1 Å². The zero-order valence-corrected chi connectivity index (χ0v) is 24.9. The molecule has 0 bridgehead atoms. The van der Waals surface area contributed by atoms with Gasteiger partial charge in [0.25, 0.3) is 0 Å². The van der Waals surface area contributed by atoms with Crippen molar-refractivity contribution in [2.24, 2.45) is 16.6 Å². The number of hydrogen-bond acceptors (Lipinski definition) is 8. The van der Waals surface area contributed by atoms with Gasteiger partial charge in [0, 0.05) is 13.0 Å². The zero-order chi connectivity index (χ0) is 32.1. The number of nitrogens with two attached hydrogens (primary N) is 1. The Kier molecular flexibility index (Phi) is 12.7. The Labute approximate surface area is 256 Å². The van der Waals surface area contributed by atoms with E-state index in [1.165, 1.54) is 0 Å². The highest BCUT2D eigenvalue weighted by atomic mass is 16.4. The summed E-state index contributed by atoms with van der Waals surface area (Å²) in [7, 11) is 0. The molecule has 0 spiro atoms. The van der Waals surface area contributed by atoms with Gasteiger partial charge in [0.15, 0.2) is 5.96 Å². The normalized spacial score (nSPS) is 17.7. The number of aliphatic imine (C=N–C) groups is 1. The minimum atomic E-state index is -1.27. The average molecular weight is 608 g/mol. The van der Waals surface area contributed by atoms with Gasteiger partial charge in [-0.3, -0.25) is 14.6 Å². The average Bonchev–Trinajstić information content (AvgIpc) is 3.02. The molecule has 0 aromatic heterocycles. The highest BCUT2D eigenvalue weighted by Gasteiger charge is 2.36. The number of nitrogens with one attached hydrogen (secondary N) is 5. The predicted molar refractivity (Wildman–Crippen MR) is 165 cm³/mol. The molecule has 0 radical (unpaired) electrons. The van der Waals surface area contributed by atoms with Crippen molar-refractivity contribution in [2.45, 2.75) is 69.7 Å². The number of hydrogen-bond donors (Lipinski definition) is 7. The van der Waals surface area contributed by atoms with Gasteiger partial charge in [-0.2, -0.15) is 0 Å². The molecule has 1 aliphatic rings. The van der Waals surface area contributed by atoms with Crippen LogP contribution in [0.2, 0.25) is 0 Å². The Morgan fingerprint density at radius 1 is 0.955 bits per heavy atom. The Bertz CT molecular complexity index is 1310. The van der Waals surface area contributed by atoms with Crippen LogP contribution in [-0.4, -0.2) is 77.9 Å². The minimum absolute atomic E-state index is 0.0267. The second kappa shape index (κ2) is 16.6. The molecule has 0 saturated heterocycles. The number of carboxylic acids is 1. The molecular weight excluding hydrogens is 566 g/mol. The van der Waals surface area contributed by atoms with Gasteiger partial charge >= 0.3 is 12.0 Å². The topological polar surface area (TPSA) is 204 Å². The number of carboxylic acid groups (broad SMARTS) is 1. The van der Waals surface area contributed by atoms with Gasteiger partial charge in [0.1, 0.15) is 24.4 Å². The molecule has 44 heavy (non-hydrogen) atoms. The van der Waals surface area contributed by atoms with Crippen LogP contribution in [0.4, 0.5) is 4.79 Å². The fraction of sp³-hybridized carbons (Fsp3) is 0.419. The molecule has 1 aliphatic heterocycles. The van der Waals surface area contributed by atoms with Crippen molar-refractivity contribution in [1.29, 1.82) is 0 Å². The van der Waals surface area contributed by atoms with Crippen LogP contribution in [0.25, 0.3) is 0 Å². The number of urea groups is 1. The van der Waals surface area contributed by atoms with Gasteiger partial charge in [-0.05, 0) is 29.9 Å². The lowest BCUT2D eigenvalue weighted by atomic mass is 9.96. The summed E-state index contributed by atoms with van der Waals surface area (Å²) < 4.78 is 0. The van der Waals surface area contributed by atoms with Crippen LogP contribution in [0.15, 0.2) is 65.7 Å². The van der Waals surface area contributed by atoms with E-state index < -0.39 is 54.0 Å². The second-order valence-electron chi connectivity index (χ2n) is 10.8. The van der Waals surface area contributed by atoms with E-state index in [1.807, 2.05) is 37.3 Å². The first-order chi connectivity index (χ1) is 21.1. The molecule has 2 aromatic carbocycles. The van der Waals surface area contributed by atoms with E-state index in [0.29, 0.717) is 24.7 Å². The quantitative estimate of drug-likeness (QED) is 0.142. The lowest BCUT2D eigenvalue weighted by molar-refractivity contribution is -0.139. The molecule has 0 unspecified atom stereocenters. The fourth-order valence-corrected chi connectivity index (χ4v) is 4.84. The van der Waals surface area contributed by atoms with Crippen molar-refractivity contribution in [2.75, 3.05) is 6.54 Å². The number of guanidine groups is 1. The number of amides is 4. The van der Waals surface area contributed by atoms with Crippen LogP contribution in [0.1, 0.15) is 37.8 Å². The highest BCUT2D eigenvalue weighted by molar-refractivity contribution is 5.94. The van der Waals surface area contributed by atoms with Crippen LogP contribution >= 0.6 is 0 Å². The molecule has 236 valence electrons. The maximum atomic E-state index is 13.7. The van der Waals surface area contributed by atoms with Crippen molar-refractivity contribution in [3.63, 3.8) is 0 Å². The van der Waals surface area contributed by atoms with E-state index in [4.69, 9.17) is 5.73 Å². The summed E-state index contributed by atoms with van der Waals surface area (Å²) in [5.41, 5.74) is 7.42. The number of aliphatic carboxylic acids is 1. The van der Waals surface area contributed by atoms with Gasteiger partial charge in [0.05, 0.1) is 12.1 Å². The van der Waals surface area contributed by atoms with E-state index in [-0.39, 0.29) is 31.3 Å². The Balaban J connectivity index is 1.76. The first-order valence-electron chi connectivity index (χ1n) is 14.6. The molecule has 1 heterocycles. The molecule has 13 heteroatoms. The smallest absolute Gasteiger partial charge is 0.326 e. The Morgan fingerprint density at radius 2 is 1.57 bits per heavy atom. The van der Waals surface area contributed by atoms with Crippen LogP contribution in [0.3, 0.4) is 0 Å². The molecule has 8 N–H and O–H groups in total. The third-order valence-corrected chi connectivity index (χ3v) is 7.50. The molecule has 13 nitrogen and oxygen atoms in total. The van der Waals surface area contributed by atoms with Gasteiger partial charge in [-0.1, -0.05) is 80.9 Å². The molecule has 0 saturated carbocycles. The SMILES string of the molecule is CC[C@H](C)[C@H](NC(=O)[C@@H](NC(=O)N[C@@H](Cc1ccccc1)C(=O)O)[C@@H]1CCN=C(N)N1)C(=O)N[C@H](C=O)Cc1ccccc1. The van der Waals surface area contributed by atoms with E-state index >= 15 is 0 Å². The number of nitrogens with zero attached hydrogens (tertiary/aromatic N) is 1. The Morgan fingerprint density at radius 3 is 2.11 bits per heavy atom. The van der Waals surface area contributed by atoms with E-state index in [2.05, 4.69) is 31.6 Å². The maximum absolute atomic E-state index is 13.7. The third-order valence-electron chi connectivity index (χ3n) is 7.50. The molecule has 4 amide bonds. The molecule has 0 aliphatic carbocycles. The summed E-state index contributed by atoms with van der Waals surface area (Å²) >= 11 is 0. The van der Waals surface area contributed by atoms with Gasteiger partial charge in [-0.15, -0.1) is 0 Å². The monoisotopic (exact) mass is 607 g/mol. The zero-order valence-electron chi connectivity index (χ0n) is 24.9. The van der Waals surface area contributed by atoms with Crippen molar-refractivity contribution in [3.8, 4) is 0 Å². The molecule has 3 rings (SSSR count). The summed E-state index contributed by atoms with van der Waals surface area (Å²) in [6.45, 7) is 3.94. The predicted octanol–water partition coefficient (Wildman–Crippen LogP) is 0.484. The van der Waals surface area contributed by atoms with Gasteiger partial charge in [-0.25, -0.2) is 9.59 Å². The minimum Gasteiger partial charge on any atom is -0.480 e. The van der Waals surface area contributed by atoms with Gasteiger partial charge in [0.2, 0.25) is 11.8 Å². The van der Waals surface area contributed by atoms with Gasteiger partial charge < -0.3 is 42.2 Å². The number of aldehydes is 1. The van der Waals surface area contributed by atoms with E-state index in [9.17, 15) is 29.1 Å². The first kappa shape index (κ1) is 33.6. The van der Waals surface area contributed by atoms with E-state index in [0.717, 1.165) is 5.56 Å². The van der Waals surface area contributed by atoms with E-state index in [1.54, 1.807) is 37.3 Å². The molecule has 0 fully saturated rings. The number of rotatable bonds is 15. The van der Waals surface area contributed by atoms with Crippen molar-refractivity contribution in [3.05, 3.63) is 71.8 Å². The summed E-state index contributed by atoms with van der Waals surface area (Å²) in [5.74, 6) is -2.72. The summed E-state index contributed by atoms with van der Waals surface area (Å²) in [6, 6.07) is 12.1. The standard InChI is InChI=1S/C31H41N7O6/c1-3-19(2)25(27(40)34-22(18-39)16-20-10-6-4-7-11-20)37-28(41)26(23-14-15-33-30(32)35-23)38-31(44)36-24(29(42)43)17-21-12-8-5-9-13-21/h4-13,18-19,22-26H,3,14-17H2,1-2H3,(H,34,40)(H,37,41)(H,42,43)(H3,32,33,35)(H2,36,38,44)/t19-,22-,23-,24-,25-,26-/m0/s1. The number of carbonyl (C=O) groups is 5. The first-order valence-corrected chi connectivity index (χ1v) is 14.6. The maximum Gasteiger partial charge on any atom is 0.326 e. The van der Waals surface area contributed by atoms with Crippen LogP contribution in [0, 0.1) is 5.92 Å². The summed E-state index contributed by atoms with van der Waals surface area (Å²) in [6.07, 6.45) is 1.81. The lowest BCUT2D eigenvalue weighted by Crippen LogP contribution is -2.65. The van der Waals surface area contributed by atoms with Crippen LogP contribution in [-0.2, 0) is 32.0 Å². The molecular formula is C31H41N7O6. The third kappa shape index (κ3) is 10.1.